The van der Waals surface area contributed by atoms with Gasteiger partial charge in [0, 0.05) is 6.04 Å². The minimum atomic E-state index is 0.532. The van der Waals surface area contributed by atoms with Gasteiger partial charge in [-0.05, 0) is 25.2 Å². The highest BCUT2D eigenvalue weighted by atomic mass is 14.7. The quantitative estimate of drug-likeness (QED) is 0.602. The summed E-state index contributed by atoms with van der Waals surface area (Å²) in [7, 11) is 0. The Morgan fingerprint density at radius 1 is 1.44 bits per heavy atom. The molecule has 0 radical (unpaired) electrons. The van der Waals surface area contributed by atoms with Gasteiger partial charge in [-0.25, -0.2) is 0 Å². The summed E-state index contributed by atoms with van der Waals surface area (Å²) >= 11 is 0. The van der Waals surface area contributed by atoms with Gasteiger partial charge in [0.1, 0.15) is 0 Å². The maximum atomic E-state index is 5.87. The van der Waals surface area contributed by atoms with Crippen LogP contribution in [0.15, 0.2) is 0 Å². The molecule has 0 bridgehead atoms. The summed E-state index contributed by atoms with van der Waals surface area (Å²) in [5.74, 6) is 0.856. The van der Waals surface area contributed by atoms with E-state index in [1.54, 1.807) is 0 Å². The Morgan fingerprint density at radius 3 is 2.67 bits per heavy atom. The zero-order valence-corrected chi connectivity index (χ0v) is 6.27. The minimum absolute atomic E-state index is 0.532. The van der Waals surface area contributed by atoms with Crippen molar-refractivity contribution in [2.24, 2.45) is 11.7 Å². The summed E-state index contributed by atoms with van der Waals surface area (Å²) in [5, 5.41) is 0. The number of nitrogens with two attached hydrogens (primary N) is 1. The third kappa shape index (κ3) is 1.68. The predicted molar refractivity (Wildman–Crippen MR) is 40.2 cm³/mol. The van der Waals surface area contributed by atoms with Gasteiger partial charge >= 0.3 is 0 Å². The number of hydrogen-bond acceptors (Lipinski definition) is 1. The largest absolute Gasteiger partial charge is 0.327 e. The molecule has 1 rings (SSSR count). The van der Waals surface area contributed by atoms with E-state index in [9.17, 15) is 0 Å². The van der Waals surface area contributed by atoms with Crippen LogP contribution in [0.2, 0.25) is 0 Å². The summed E-state index contributed by atoms with van der Waals surface area (Å²) in [6.45, 7) is 2.24. The van der Waals surface area contributed by atoms with E-state index in [2.05, 4.69) is 6.92 Å². The smallest absolute Gasteiger partial charge is 0.00671 e. The van der Waals surface area contributed by atoms with Crippen LogP contribution in [-0.4, -0.2) is 6.04 Å². The van der Waals surface area contributed by atoms with E-state index in [0.29, 0.717) is 6.04 Å². The highest BCUT2D eigenvalue weighted by molar-refractivity contribution is 4.79. The first-order chi connectivity index (χ1) is 4.34. The molecule has 9 heavy (non-hydrogen) atoms. The minimum Gasteiger partial charge on any atom is -0.327 e. The van der Waals surface area contributed by atoms with Crippen LogP contribution in [0.3, 0.4) is 0 Å². The molecule has 1 aliphatic rings. The lowest BCUT2D eigenvalue weighted by atomic mass is 9.99. The average Bonchev–Trinajstić information content (AvgIpc) is 2.18. The van der Waals surface area contributed by atoms with Crippen molar-refractivity contribution in [3.8, 4) is 0 Å². The first-order valence-electron chi connectivity index (χ1n) is 4.10. The fraction of sp³-hybridized carbons (Fsp3) is 1.00. The van der Waals surface area contributed by atoms with Gasteiger partial charge in [0.05, 0.1) is 0 Å². The third-order valence-corrected chi connectivity index (χ3v) is 2.38. The molecule has 0 saturated heterocycles. The van der Waals surface area contributed by atoms with Crippen LogP contribution < -0.4 is 5.73 Å². The van der Waals surface area contributed by atoms with Crippen molar-refractivity contribution in [1.82, 2.24) is 0 Å². The standard InChI is InChI=1S/C8H17N/c1-2-4-7-5-3-6-8(7)9/h7-8H,2-6,9H2,1H3/t7-,8+/m1/s1. The molecule has 2 atom stereocenters. The summed E-state index contributed by atoms with van der Waals surface area (Å²) in [6.07, 6.45) is 6.67. The van der Waals surface area contributed by atoms with E-state index in [4.69, 9.17) is 5.73 Å². The summed E-state index contributed by atoms with van der Waals surface area (Å²) in [4.78, 5) is 0. The van der Waals surface area contributed by atoms with E-state index in [1.165, 1.54) is 32.1 Å². The zero-order valence-electron chi connectivity index (χ0n) is 6.27. The molecule has 0 heterocycles. The molecule has 54 valence electrons. The van der Waals surface area contributed by atoms with E-state index in [-0.39, 0.29) is 0 Å². The van der Waals surface area contributed by atoms with Gasteiger partial charge in [0.15, 0.2) is 0 Å². The molecule has 0 amide bonds. The highest BCUT2D eigenvalue weighted by Gasteiger charge is 2.22. The molecule has 1 heteroatoms. The predicted octanol–water partition coefficient (Wildman–Crippen LogP) is 1.91. The zero-order chi connectivity index (χ0) is 6.69. The van der Waals surface area contributed by atoms with Crippen molar-refractivity contribution in [3.05, 3.63) is 0 Å². The third-order valence-electron chi connectivity index (χ3n) is 2.38. The number of hydrogen-bond donors (Lipinski definition) is 1. The lowest BCUT2D eigenvalue weighted by Crippen LogP contribution is -2.23. The highest BCUT2D eigenvalue weighted by Crippen LogP contribution is 2.27. The lowest BCUT2D eigenvalue weighted by Gasteiger charge is -2.12. The van der Waals surface area contributed by atoms with Crippen molar-refractivity contribution >= 4 is 0 Å². The van der Waals surface area contributed by atoms with Crippen molar-refractivity contribution in [3.63, 3.8) is 0 Å². The Balaban J connectivity index is 2.22. The van der Waals surface area contributed by atoms with Gasteiger partial charge in [-0.3, -0.25) is 0 Å². The van der Waals surface area contributed by atoms with Gasteiger partial charge in [-0.2, -0.15) is 0 Å². The van der Waals surface area contributed by atoms with Crippen LogP contribution in [-0.2, 0) is 0 Å². The summed E-state index contributed by atoms with van der Waals surface area (Å²) in [5.41, 5.74) is 5.87. The Kier molecular flexibility index (Phi) is 2.52. The Labute approximate surface area is 57.6 Å². The molecule has 0 aromatic carbocycles. The summed E-state index contributed by atoms with van der Waals surface area (Å²) < 4.78 is 0. The van der Waals surface area contributed by atoms with Crippen molar-refractivity contribution in [2.75, 3.05) is 0 Å². The van der Waals surface area contributed by atoms with Gasteiger partial charge < -0.3 is 5.73 Å². The lowest BCUT2D eigenvalue weighted by molar-refractivity contribution is 0.442. The van der Waals surface area contributed by atoms with Crippen molar-refractivity contribution < 1.29 is 0 Å². The van der Waals surface area contributed by atoms with Crippen molar-refractivity contribution in [1.29, 1.82) is 0 Å². The van der Waals surface area contributed by atoms with E-state index < -0.39 is 0 Å². The summed E-state index contributed by atoms with van der Waals surface area (Å²) in [6, 6.07) is 0.532. The van der Waals surface area contributed by atoms with Gasteiger partial charge in [-0.15, -0.1) is 0 Å². The van der Waals surface area contributed by atoms with Crippen LogP contribution >= 0.6 is 0 Å². The van der Waals surface area contributed by atoms with Crippen molar-refractivity contribution in [2.45, 2.75) is 45.1 Å². The van der Waals surface area contributed by atoms with Crippen LogP contribution in [0.5, 0.6) is 0 Å². The first-order valence-corrected chi connectivity index (χ1v) is 4.10. The van der Waals surface area contributed by atoms with E-state index in [1.807, 2.05) is 0 Å². The van der Waals surface area contributed by atoms with Crippen LogP contribution in [0.1, 0.15) is 39.0 Å². The Bertz CT molecular complexity index is 80.6. The number of rotatable bonds is 2. The molecule has 0 aromatic heterocycles. The monoisotopic (exact) mass is 127 g/mol. The molecular weight excluding hydrogens is 110 g/mol. The molecule has 1 fully saturated rings. The Hall–Kier alpha value is -0.0400. The molecule has 0 spiro atoms. The Morgan fingerprint density at radius 2 is 2.22 bits per heavy atom. The molecule has 1 nitrogen and oxygen atoms in total. The van der Waals surface area contributed by atoms with Crippen LogP contribution in [0, 0.1) is 5.92 Å². The first kappa shape index (κ1) is 7.07. The average molecular weight is 127 g/mol. The second-order valence-electron chi connectivity index (χ2n) is 3.14. The SMILES string of the molecule is CCC[C@@H]1CCC[C@@H]1N. The van der Waals surface area contributed by atoms with E-state index >= 15 is 0 Å². The normalized spacial score (nSPS) is 35.3. The molecule has 0 aliphatic heterocycles. The molecule has 2 N–H and O–H groups in total. The topological polar surface area (TPSA) is 26.0 Å². The van der Waals surface area contributed by atoms with Gasteiger partial charge in [-0.1, -0.05) is 19.8 Å². The molecule has 0 unspecified atom stereocenters. The maximum Gasteiger partial charge on any atom is 0.00671 e. The van der Waals surface area contributed by atoms with E-state index in [0.717, 1.165) is 5.92 Å². The second-order valence-corrected chi connectivity index (χ2v) is 3.14. The molecular formula is C8H17N. The van der Waals surface area contributed by atoms with Gasteiger partial charge in [0.25, 0.3) is 0 Å². The molecule has 1 saturated carbocycles. The van der Waals surface area contributed by atoms with Crippen LogP contribution in [0.25, 0.3) is 0 Å². The maximum absolute atomic E-state index is 5.87. The second kappa shape index (κ2) is 3.21. The molecule has 0 aromatic rings. The van der Waals surface area contributed by atoms with Crippen LogP contribution in [0.4, 0.5) is 0 Å². The fourth-order valence-corrected chi connectivity index (χ4v) is 1.79. The van der Waals surface area contributed by atoms with Gasteiger partial charge in [0.2, 0.25) is 0 Å². The molecule has 1 aliphatic carbocycles. The fourth-order valence-electron chi connectivity index (χ4n) is 1.79.